The summed E-state index contributed by atoms with van der Waals surface area (Å²) in [5, 5.41) is 10.1. The first kappa shape index (κ1) is 15.0. The predicted octanol–water partition coefficient (Wildman–Crippen LogP) is 3.73. The van der Waals surface area contributed by atoms with Crippen molar-refractivity contribution in [1.29, 1.82) is 0 Å². The van der Waals surface area contributed by atoms with Gasteiger partial charge in [0, 0.05) is 5.39 Å². The number of nitrogens with one attached hydrogen (secondary N) is 2. The summed E-state index contributed by atoms with van der Waals surface area (Å²) in [6, 6.07) is 9.83. The van der Waals surface area contributed by atoms with Gasteiger partial charge in [-0.15, -0.1) is 0 Å². The summed E-state index contributed by atoms with van der Waals surface area (Å²) in [7, 11) is 0. The summed E-state index contributed by atoms with van der Waals surface area (Å²) in [5.41, 5.74) is 1.78. The quantitative estimate of drug-likeness (QED) is 0.770. The maximum Gasteiger partial charge on any atom is 0.387 e. The number of amides is 1. The number of benzene rings is 2. The first-order valence-corrected chi connectivity index (χ1v) is 6.84. The van der Waals surface area contributed by atoms with Crippen LogP contribution in [0.15, 0.2) is 42.6 Å². The number of alkyl halides is 2. The molecule has 0 saturated heterocycles. The third kappa shape index (κ3) is 2.98. The monoisotopic (exact) mass is 317 g/mol. The number of para-hydroxylation sites is 2. The topological polar surface area (TPSA) is 67.0 Å². The van der Waals surface area contributed by atoms with Crippen molar-refractivity contribution >= 4 is 22.5 Å². The number of H-pyrrole nitrogens is 1. The lowest BCUT2D eigenvalue weighted by Crippen LogP contribution is -2.15. The van der Waals surface area contributed by atoms with Crippen molar-refractivity contribution in [3.63, 3.8) is 0 Å². The Hall–Kier alpha value is -2.96. The van der Waals surface area contributed by atoms with E-state index in [1.807, 2.05) is 6.07 Å². The zero-order valence-corrected chi connectivity index (χ0v) is 12.1. The van der Waals surface area contributed by atoms with Crippen LogP contribution in [-0.2, 0) is 0 Å². The van der Waals surface area contributed by atoms with Crippen LogP contribution in [0.25, 0.3) is 10.9 Å². The van der Waals surface area contributed by atoms with Crippen LogP contribution >= 0.6 is 0 Å². The number of carbonyl (C=O) groups excluding carboxylic acids is 1. The molecule has 118 valence electrons. The Balaban J connectivity index is 1.96. The molecular weight excluding hydrogens is 304 g/mol. The van der Waals surface area contributed by atoms with Gasteiger partial charge in [-0.05, 0) is 24.6 Å². The number of nitrogens with zero attached hydrogens (tertiary/aromatic N) is 1. The molecule has 1 aromatic heterocycles. The molecule has 0 aliphatic carbocycles. The molecule has 0 unspecified atom stereocenters. The van der Waals surface area contributed by atoms with Gasteiger partial charge in [0.05, 0.1) is 23.0 Å². The van der Waals surface area contributed by atoms with Crippen molar-refractivity contribution in [2.24, 2.45) is 0 Å². The van der Waals surface area contributed by atoms with Crippen molar-refractivity contribution in [2.45, 2.75) is 13.5 Å². The molecule has 0 fully saturated rings. The SMILES string of the molecule is Cc1cccc(OC(F)F)c1NC(=O)c1cccc2cn[nH]c12. The molecule has 0 bridgehead atoms. The molecule has 0 atom stereocenters. The van der Waals surface area contributed by atoms with E-state index in [9.17, 15) is 13.6 Å². The second kappa shape index (κ2) is 6.04. The van der Waals surface area contributed by atoms with E-state index in [1.54, 1.807) is 37.4 Å². The molecule has 2 aromatic carbocycles. The van der Waals surface area contributed by atoms with Gasteiger partial charge in [-0.2, -0.15) is 13.9 Å². The second-order valence-electron chi connectivity index (χ2n) is 4.92. The Kier molecular flexibility index (Phi) is 3.92. The fourth-order valence-corrected chi connectivity index (χ4v) is 2.33. The Labute approximate surface area is 130 Å². The van der Waals surface area contributed by atoms with E-state index in [0.717, 1.165) is 5.39 Å². The molecule has 1 amide bonds. The van der Waals surface area contributed by atoms with Crippen LogP contribution in [0, 0.1) is 6.92 Å². The van der Waals surface area contributed by atoms with Gasteiger partial charge in [-0.25, -0.2) is 0 Å². The Morgan fingerprint density at radius 3 is 2.83 bits per heavy atom. The van der Waals surface area contributed by atoms with E-state index in [-0.39, 0.29) is 11.4 Å². The molecule has 2 N–H and O–H groups in total. The number of fused-ring (bicyclic) bond motifs is 1. The van der Waals surface area contributed by atoms with Gasteiger partial charge in [0.25, 0.3) is 5.91 Å². The molecular formula is C16H13F2N3O2. The van der Waals surface area contributed by atoms with E-state index < -0.39 is 12.5 Å². The fraction of sp³-hybridized carbons (Fsp3) is 0.125. The molecule has 0 aliphatic heterocycles. The predicted molar refractivity (Wildman–Crippen MR) is 81.9 cm³/mol. The highest BCUT2D eigenvalue weighted by atomic mass is 19.3. The molecule has 3 aromatic rings. The van der Waals surface area contributed by atoms with Crippen LogP contribution in [0.2, 0.25) is 0 Å². The molecule has 3 rings (SSSR count). The first-order valence-electron chi connectivity index (χ1n) is 6.84. The summed E-state index contributed by atoms with van der Waals surface area (Å²) >= 11 is 0. The summed E-state index contributed by atoms with van der Waals surface area (Å²) in [6.07, 6.45) is 1.60. The average molecular weight is 317 g/mol. The fourth-order valence-electron chi connectivity index (χ4n) is 2.33. The van der Waals surface area contributed by atoms with Crippen LogP contribution in [0.1, 0.15) is 15.9 Å². The number of aryl methyl sites for hydroxylation is 1. The van der Waals surface area contributed by atoms with Crippen LogP contribution in [0.4, 0.5) is 14.5 Å². The number of aromatic amines is 1. The molecule has 5 nitrogen and oxygen atoms in total. The van der Waals surface area contributed by atoms with E-state index in [4.69, 9.17) is 0 Å². The van der Waals surface area contributed by atoms with Crippen molar-refractivity contribution in [3.05, 3.63) is 53.7 Å². The number of rotatable bonds is 4. The largest absolute Gasteiger partial charge is 0.433 e. The van der Waals surface area contributed by atoms with E-state index in [0.29, 0.717) is 16.6 Å². The third-order valence-electron chi connectivity index (χ3n) is 3.41. The number of carbonyl (C=O) groups is 1. The maximum absolute atomic E-state index is 12.5. The molecule has 1 heterocycles. The highest BCUT2D eigenvalue weighted by molar-refractivity contribution is 6.12. The molecule has 7 heteroatoms. The van der Waals surface area contributed by atoms with E-state index in [2.05, 4.69) is 20.3 Å². The van der Waals surface area contributed by atoms with Crippen LogP contribution < -0.4 is 10.1 Å². The lowest BCUT2D eigenvalue weighted by Gasteiger charge is -2.14. The highest BCUT2D eigenvalue weighted by Crippen LogP contribution is 2.30. The van der Waals surface area contributed by atoms with Crippen molar-refractivity contribution in [1.82, 2.24) is 10.2 Å². The standard InChI is InChI=1S/C16H13F2N3O2/c1-9-4-2-7-12(23-16(17)18)13(9)20-15(22)11-6-3-5-10-8-19-21-14(10)11/h2-8,16H,1H3,(H,19,21)(H,20,22). The Bertz CT molecular complexity index is 861. The number of aromatic nitrogens is 2. The van der Waals surface area contributed by atoms with Gasteiger partial charge in [0.2, 0.25) is 0 Å². The number of anilines is 1. The van der Waals surface area contributed by atoms with Gasteiger partial charge in [0.1, 0.15) is 5.75 Å². The minimum atomic E-state index is -2.97. The molecule has 0 radical (unpaired) electrons. The smallest absolute Gasteiger partial charge is 0.387 e. The minimum absolute atomic E-state index is 0.0786. The summed E-state index contributed by atoms with van der Waals surface area (Å²) < 4.78 is 29.5. The molecule has 23 heavy (non-hydrogen) atoms. The molecule has 0 saturated carbocycles. The van der Waals surface area contributed by atoms with Gasteiger partial charge in [-0.1, -0.05) is 24.3 Å². The average Bonchev–Trinajstić information content (AvgIpc) is 2.98. The van der Waals surface area contributed by atoms with Crippen molar-refractivity contribution in [3.8, 4) is 5.75 Å². The molecule has 0 spiro atoms. The lowest BCUT2D eigenvalue weighted by atomic mass is 10.1. The van der Waals surface area contributed by atoms with Crippen molar-refractivity contribution in [2.75, 3.05) is 5.32 Å². The van der Waals surface area contributed by atoms with Gasteiger partial charge in [0.15, 0.2) is 0 Å². The summed E-state index contributed by atoms with van der Waals surface area (Å²) in [5.74, 6) is -0.515. The normalized spacial score (nSPS) is 11.0. The van der Waals surface area contributed by atoms with Crippen LogP contribution in [-0.4, -0.2) is 22.7 Å². The minimum Gasteiger partial charge on any atom is -0.433 e. The zero-order valence-electron chi connectivity index (χ0n) is 12.1. The van der Waals surface area contributed by atoms with E-state index >= 15 is 0 Å². The highest BCUT2D eigenvalue weighted by Gasteiger charge is 2.17. The van der Waals surface area contributed by atoms with Crippen LogP contribution in [0.3, 0.4) is 0 Å². The van der Waals surface area contributed by atoms with Crippen LogP contribution in [0.5, 0.6) is 5.75 Å². The Morgan fingerprint density at radius 1 is 1.26 bits per heavy atom. The number of hydrogen-bond acceptors (Lipinski definition) is 3. The van der Waals surface area contributed by atoms with Gasteiger partial charge in [-0.3, -0.25) is 9.89 Å². The van der Waals surface area contributed by atoms with E-state index in [1.165, 1.54) is 6.07 Å². The van der Waals surface area contributed by atoms with Gasteiger partial charge < -0.3 is 10.1 Å². The zero-order chi connectivity index (χ0) is 16.4. The molecule has 0 aliphatic rings. The van der Waals surface area contributed by atoms with Gasteiger partial charge >= 0.3 is 6.61 Å². The van der Waals surface area contributed by atoms with Crippen molar-refractivity contribution < 1.29 is 18.3 Å². The number of ether oxygens (including phenoxy) is 1. The first-order chi connectivity index (χ1) is 11.1. The lowest BCUT2D eigenvalue weighted by molar-refractivity contribution is -0.0493. The number of halogens is 2. The summed E-state index contributed by atoms with van der Waals surface area (Å²) in [4.78, 5) is 12.5. The third-order valence-corrected chi connectivity index (χ3v) is 3.41. The Morgan fingerprint density at radius 2 is 2.04 bits per heavy atom. The maximum atomic E-state index is 12.5. The summed E-state index contributed by atoms with van der Waals surface area (Å²) in [6.45, 7) is -1.27. The second-order valence-corrected chi connectivity index (χ2v) is 4.92. The number of hydrogen-bond donors (Lipinski definition) is 2.